The quantitative estimate of drug-likeness (QED) is 0.650. The molecule has 150 valence electrons. The van der Waals surface area contributed by atoms with Crippen LogP contribution < -0.4 is 9.64 Å². The second kappa shape index (κ2) is 10.5. The normalized spacial score (nSPS) is 15.4. The zero-order valence-electron chi connectivity index (χ0n) is 15.1. The van der Waals surface area contributed by atoms with E-state index in [1.54, 1.807) is 13.2 Å². The molecule has 3 N–H and O–H groups in total. The van der Waals surface area contributed by atoms with Crippen molar-refractivity contribution in [2.75, 3.05) is 44.7 Å². The van der Waals surface area contributed by atoms with Crippen LogP contribution in [-0.2, 0) is 0 Å². The number of rotatable bonds is 5. The Bertz CT molecular complexity index is 725. The molecule has 1 fully saturated rings. The number of aliphatic hydroxyl groups is 1. The minimum absolute atomic E-state index is 0. The average Bonchev–Trinajstić information content (AvgIpc) is 2.64. The molecule has 3 rings (SSSR count). The van der Waals surface area contributed by atoms with E-state index in [2.05, 4.69) is 15.9 Å². The molecule has 27 heavy (non-hydrogen) atoms. The molecule has 0 spiro atoms. The van der Waals surface area contributed by atoms with Gasteiger partial charge in [0.25, 0.3) is 0 Å². The van der Waals surface area contributed by atoms with Crippen molar-refractivity contribution >= 4 is 30.5 Å². The molecule has 0 radical (unpaired) electrons. The fourth-order valence-corrected chi connectivity index (χ4v) is 3.16. The van der Waals surface area contributed by atoms with Crippen molar-refractivity contribution < 1.29 is 20.1 Å². The van der Waals surface area contributed by atoms with Crippen molar-refractivity contribution in [2.24, 2.45) is 0 Å². The molecule has 1 aliphatic rings. The van der Waals surface area contributed by atoms with E-state index in [0.717, 1.165) is 37.6 Å². The fraction of sp³-hybridized carbons (Fsp3) is 0.368. The molecule has 2 aromatic carbocycles. The van der Waals surface area contributed by atoms with E-state index in [9.17, 15) is 15.3 Å². The van der Waals surface area contributed by atoms with E-state index in [1.807, 2.05) is 18.2 Å². The van der Waals surface area contributed by atoms with Crippen molar-refractivity contribution in [2.45, 2.75) is 6.10 Å². The number of methoxy groups -OCH3 is 1. The van der Waals surface area contributed by atoms with Gasteiger partial charge in [-0.1, -0.05) is 18.2 Å². The molecular weight excluding hydrogens is 391 g/mol. The molecule has 8 heteroatoms. The Balaban J connectivity index is 0.00000182. The third-order valence-corrected chi connectivity index (χ3v) is 4.61. The third kappa shape index (κ3) is 5.56. The van der Waals surface area contributed by atoms with Crippen LogP contribution >= 0.6 is 24.8 Å². The van der Waals surface area contributed by atoms with Gasteiger partial charge in [-0.2, -0.15) is 0 Å². The number of piperazine rings is 1. The standard InChI is InChI=1S/C19H24N2O4.2ClH/c1-25-19-5-3-2-4-15(19)21-10-8-20(9-11-21)13-18(24)14-6-7-16(22)17(23)12-14;;/h2-7,12,18,22-24H,8-11,13H2,1H3;2*1H. The van der Waals surface area contributed by atoms with Crippen LogP contribution in [0.3, 0.4) is 0 Å². The number of β-amino-alcohol motifs (C(OH)–C–C–N with tert-alkyl or cyclic N) is 1. The maximum Gasteiger partial charge on any atom is 0.157 e. The second-order valence-electron chi connectivity index (χ2n) is 6.22. The van der Waals surface area contributed by atoms with Gasteiger partial charge in [-0.05, 0) is 29.8 Å². The van der Waals surface area contributed by atoms with Crippen molar-refractivity contribution in [3.05, 3.63) is 48.0 Å². The highest BCUT2D eigenvalue weighted by molar-refractivity contribution is 5.85. The highest BCUT2D eigenvalue weighted by atomic mass is 35.5. The van der Waals surface area contributed by atoms with E-state index in [1.165, 1.54) is 12.1 Å². The number of aromatic hydroxyl groups is 2. The van der Waals surface area contributed by atoms with Crippen LogP contribution in [0.1, 0.15) is 11.7 Å². The molecule has 6 nitrogen and oxygen atoms in total. The smallest absolute Gasteiger partial charge is 0.157 e. The summed E-state index contributed by atoms with van der Waals surface area (Å²) in [6.45, 7) is 3.87. The number of hydrogen-bond donors (Lipinski definition) is 3. The number of halogens is 2. The average molecular weight is 417 g/mol. The second-order valence-corrected chi connectivity index (χ2v) is 6.22. The topological polar surface area (TPSA) is 76.4 Å². The lowest BCUT2D eigenvalue weighted by Gasteiger charge is -2.37. The number of anilines is 1. The van der Waals surface area contributed by atoms with Crippen LogP contribution in [0.25, 0.3) is 0 Å². The first-order valence-corrected chi connectivity index (χ1v) is 8.38. The van der Waals surface area contributed by atoms with E-state index >= 15 is 0 Å². The predicted octanol–water partition coefficient (Wildman–Crippen LogP) is 2.81. The Kier molecular flexibility index (Phi) is 8.99. The zero-order chi connectivity index (χ0) is 17.8. The number of aliphatic hydroxyl groups excluding tert-OH is 1. The van der Waals surface area contributed by atoms with Crippen LogP contribution in [-0.4, -0.2) is 60.1 Å². The van der Waals surface area contributed by atoms with Crippen LogP contribution in [0.4, 0.5) is 5.69 Å². The van der Waals surface area contributed by atoms with Gasteiger partial charge < -0.3 is 25.0 Å². The lowest BCUT2D eigenvalue weighted by atomic mass is 10.1. The van der Waals surface area contributed by atoms with Gasteiger partial charge in [0.1, 0.15) is 5.75 Å². The monoisotopic (exact) mass is 416 g/mol. The van der Waals surface area contributed by atoms with Crippen LogP contribution in [0, 0.1) is 0 Å². The predicted molar refractivity (Wildman–Crippen MR) is 111 cm³/mol. The Morgan fingerprint density at radius 2 is 1.63 bits per heavy atom. The summed E-state index contributed by atoms with van der Waals surface area (Å²) in [5.41, 5.74) is 1.69. The molecule has 0 aromatic heterocycles. The first-order valence-electron chi connectivity index (χ1n) is 8.38. The summed E-state index contributed by atoms with van der Waals surface area (Å²) in [6, 6.07) is 12.4. The number of phenolic OH excluding ortho intramolecular Hbond substituents is 2. The minimum atomic E-state index is -0.704. The Labute approximate surface area is 171 Å². The summed E-state index contributed by atoms with van der Waals surface area (Å²) in [5, 5.41) is 29.3. The molecular formula is C19H26Cl2N2O4. The van der Waals surface area contributed by atoms with Gasteiger partial charge in [-0.15, -0.1) is 24.8 Å². The van der Waals surface area contributed by atoms with E-state index < -0.39 is 6.10 Å². The SMILES string of the molecule is COc1ccccc1N1CCN(CC(O)c2ccc(O)c(O)c2)CC1.Cl.Cl. The molecule has 1 heterocycles. The maximum atomic E-state index is 10.4. The van der Waals surface area contributed by atoms with Crippen molar-refractivity contribution in [1.82, 2.24) is 4.90 Å². The Morgan fingerprint density at radius 1 is 0.963 bits per heavy atom. The van der Waals surface area contributed by atoms with Crippen molar-refractivity contribution in [3.8, 4) is 17.2 Å². The molecule has 1 aliphatic heterocycles. The number of phenols is 2. The lowest BCUT2D eigenvalue weighted by molar-refractivity contribution is 0.109. The Morgan fingerprint density at radius 3 is 2.26 bits per heavy atom. The number of ether oxygens (including phenoxy) is 1. The highest BCUT2D eigenvalue weighted by Gasteiger charge is 2.22. The third-order valence-electron chi connectivity index (χ3n) is 4.61. The summed E-state index contributed by atoms with van der Waals surface area (Å²) in [6.07, 6.45) is -0.704. The first kappa shape index (κ1) is 23.2. The summed E-state index contributed by atoms with van der Waals surface area (Å²) in [7, 11) is 1.68. The number of benzene rings is 2. The molecule has 1 unspecified atom stereocenters. The molecule has 1 atom stereocenters. The largest absolute Gasteiger partial charge is 0.504 e. The molecule has 2 aromatic rings. The van der Waals surface area contributed by atoms with Gasteiger partial charge in [0.15, 0.2) is 11.5 Å². The summed E-state index contributed by atoms with van der Waals surface area (Å²) in [5.74, 6) is 0.481. The van der Waals surface area contributed by atoms with Gasteiger partial charge >= 0.3 is 0 Å². The van der Waals surface area contributed by atoms with Gasteiger partial charge in [-0.3, -0.25) is 4.90 Å². The number of nitrogens with zero attached hydrogens (tertiary/aromatic N) is 2. The number of hydrogen-bond acceptors (Lipinski definition) is 6. The Hall–Kier alpha value is -1.86. The van der Waals surface area contributed by atoms with Crippen LogP contribution in [0.2, 0.25) is 0 Å². The van der Waals surface area contributed by atoms with Crippen molar-refractivity contribution in [1.29, 1.82) is 0 Å². The first-order chi connectivity index (χ1) is 12.1. The van der Waals surface area contributed by atoms with E-state index in [4.69, 9.17) is 4.74 Å². The number of para-hydroxylation sites is 2. The highest BCUT2D eigenvalue weighted by Crippen LogP contribution is 2.30. The summed E-state index contributed by atoms with van der Waals surface area (Å²) in [4.78, 5) is 4.48. The van der Waals surface area contributed by atoms with Gasteiger partial charge in [0.05, 0.1) is 18.9 Å². The van der Waals surface area contributed by atoms with Gasteiger partial charge in [0.2, 0.25) is 0 Å². The fourth-order valence-electron chi connectivity index (χ4n) is 3.16. The lowest BCUT2D eigenvalue weighted by Crippen LogP contribution is -2.47. The zero-order valence-corrected chi connectivity index (χ0v) is 16.7. The van der Waals surface area contributed by atoms with Crippen molar-refractivity contribution in [3.63, 3.8) is 0 Å². The molecule has 0 bridgehead atoms. The van der Waals surface area contributed by atoms with E-state index in [-0.39, 0.29) is 36.3 Å². The van der Waals surface area contributed by atoms with Crippen LogP contribution in [0.15, 0.2) is 42.5 Å². The molecule has 0 amide bonds. The van der Waals surface area contributed by atoms with Gasteiger partial charge in [0, 0.05) is 32.7 Å². The summed E-state index contributed by atoms with van der Waals surface area (Å²) >= 11 is 0. The minimum Gasteiger partial charge on any atom is -0.504 e. The molecule has 0 saturated carbocycles. The summed E-state index contributed by atoms with van der Waals surface area (Å²) < 4.78 is 5.43. The van der Waals surface area contributed by atoms with E-state index in [0.29, 0.717) is 12.1 Å². The maximum absolute atomic E-state index is 10.4. The molecule has 0 aliphatic carbocycles. The molecule has 1 saturated heterocycles. The van der Waals surface area contributed by atoms with Crippen LogP contribution in [0.5, 0.6) is 17.2 Å². The van der Waals surface area contributed by atoms with Gasteiger partial charge in [-0.25, -0.2) is 0 Å².